The number of fused-ring (bicyclic) bond motifs is 1. The van der Waals surface area contributed by atoms with Gasteiger partial charge >= 0.3 is 0 Å². The van der Waals surface area contributed by atoms with Crippen molar-refractivity contribution in [3.05, 3.63) is 60.2 Å². The van der Waals surface area contributed by atoms with E-state index < -0.39 is 0 Å². The van der Waals surface area contributed by atoms with Crippen molar-refractivity contribution in [3.8, 4) is 5.75 Å². The zero-order valence-corrected chi connectivity index (χ0v) is 17.8. The summed E-state index contributed by atoms with van der Waals surface area (Å²) in [6.45, 7) is 4.53. The minimum absolute atomic E-state index is 0.0302. The summed E-state index contributed by atoms with van der Waals surface area (Å²) in [5.41, 5.74) is 2.34. The van der Waals surface area contributed by atoms with Crippen molar-refractivity contribution in [1.29, 1.82) is 0 Å². The first-order valence-corrected chi connectivity index (χ1v) is 10.7. The zero-order chi connectivity index (χ0) is 21.1. The van der Waals surface area contributed by atoms with E-state index in [-0.39, 0.29) is 11.9 Å². The van der Waals surface area contributed by atoms with Gasteiger partial charge in [-0.2, -0.15) is 0 Å². The first-order valence-electron chi connectivity index (χ1n) is 10.7. The number of methoxy groups -OCH3 is 1. The van der Waals surface area contributed by atoms with Crippen LogP contribution in [0.2, 0.25) is 0 Å². The predicted molar refractivity (Wildman–Crippen MR) is 121 cm³/mol. The lowest BCUT2D eigenvalue weighted by atomic mass is 9.78. The van der Waals surface area contributed by atoms with Gasteiger partial charge < -0.3 is 15.4 Å². The molecule has 1 amide bonds. The summed E-state index contributed by atoms with van der Waals surface area (Å²) in [6, 6.07) is 17.5. The lowest BCUT2D eigenvalue weighted by molar-refractivity contribution is 0.0892. The van der Waals surface area contributed by atoms with E-state index in [2.05, 4.69) is 24.5 Å². The number of hydrogen-bond donors (Lipinski definition) is 2. The molecule has 1 heterocycles. The molecule has 5 heteroatoms. The Morgan fingerprint density at radius 2 is 1.83 bits per heavy atom. The SMILES string of the molecule is COc1ccc(Nc2cc(C(=O)N[C@@H]3CCC[C@H](C)[C@H]3C)c3ccccc3n2)cc1. The standard InChI is InChI=1S/C25H29N3O2/c1-16-7-6-10-22(17(16)2)28-25(29)21-15-24(27-23-9-5-4-8-20(21)23)26-18-11-13-19(30-3)14-12-18/h4-5,8-9,11-17,22H,6-7,10H2,1-3H3,(H,26,27)(H,28,29)/t16-,17+,22+/m0/s1. The van der Waals surface area contributed by atoms with Crippen LogP contribution in [-0.2, 0) is 0 Å². The number of pyridine rings is 1. The molecule has 0 bridgehead atoms. The highest BCUT2D eigenvalue weighted by atomic mass is 16.5. The second-order valence-corrected chi connectivity index (χ2v) is 8.27. The first kappa shape index (κ1) is 20.2. The molecule has 0 spiro atoms. The fourth-order valence-corrected chi connectivity index (χ4v) is 4.28. The molecule has 2 aromatic carbocycles. The third-order valence-corrected chi connectivity index (χ3v) is 6.35. The number of aromatic nitrogens is 1. The number of hydrogen-bond acceptors (Lipinski definition) is 4. The smallest absolute Gasteiger partial charge is 0.252 e. The number of nitrogens with one attached hydrogen (secondary N) is 2. The summed E-state index contributed by atoms with van der Waals surface area (Å²) in [5.74, 6) is 2.52. The van der Waals surface area contributed by atoms with Crippen LogP contribution in [0, 0.1) is 11.8 Å². The number of anilines is 2. The molecular weight excluding hydrogens is 374 g/mol. The first-order chi connectivity index (χ1) is 14.5. The lowest BCUT2D eigenvalue weighted by Crippen LogP contribution is -2.43. The van der Waals surface area contributed by atoms with Crippen molar-refractivity contribution in [2.75, 3.05) is 12.4 Å². The fraction of sp³-hybridized carbons (Fsp3) is 0.360. The van der Waals surface area contributed by atoms with Gasteiger partial charge in [0.25, 0.3) is 5.91 Å². The average Bonchev–Trinajstić information content (AvgIpc) is 2.77. The second-order valence-electron chi connectivity index (χ2n) is 8.27. The van der Waals surface area contributed by atoms with Crippen LogP contribution in [0.15, 0.2) is 54.6 Å². The van der Waals surface area contributed by atoms with E-state index in [0.717, 1.165) is 35.2 Å². The molecular formula is C25H29N3O2. The summed E-state index contributed by atoms with van der Waals surface area (Å²) < 4.78 is 5.22. The minimum Gasteiger partial charge on any atom is -0.497 e. The van der Waals surface area contributed by atoms with E-state index in [9.17, 15) is 4.79 Å². The summed E-state index contributed by atoms with van der Waals surface area (Å²) in [6.07, 6.45) is 3.44. The molecule has 1 fully saturated rings. The molecule has 3 atom stereocenters. The largest absolute Gasteiger partial charge is 0.497 e. The Morgan fingerprint density at radius 3 is 2.60 bits per heavy atom. The Morgan fingerprint density at radius 1 is 1.07 bits per heavy atom. The van der Waals surface area contributed by atoms with Crippen molar-refractivity contribution in [1.82, 2.24) is 10.3 Å². The Bertz CT molecular complexity index is 1030. The number of amides is 1. The van der Waals surface area contributed by atoms with Gasteiger partial charge in [-0.25, -0.2) is 4.98 Å². The van der Waals surface area contributed by atoms with Crippen LogP contribution in [0.25, 0.3) is 10.9 Å². The number of nitrogens with zero attached hydrogens (tertiary/aromatic N) is 1. The maximum atomic E-state index is 13.3. The van der Waals surface area contributed by atoms with E-state index in [1.165, 1.54) is 6.42 Å². The quantitative estimate of drug-likeness (QED) is 0.587. The molecule has 1 aliphatic rings. The lowest BCUT2D eigenvalue weighted by Gasteiger charge is -2.34. The fourth-order valence-electron chi connectivity index (χ4n) is 4.28. The molecule has 0 aliphatic heterocycles. The highest BCUT2D eigenvalue weighted by Gasteiger charge is 2.28. The Labute approximate surface area is 177 Å². The van der Waals surface area contributed by atoms with Gasteiger partial charge in [0.15, 0.2) is 0 Å². The molecule has 0 saturated heterocycles. The molecule has 1 aliphatic carbocycles. The number of rotatable bonds is 5. The topological polar surface area (TPSA) is 63.2 Å². The molecule has 1 aromatic heterocycles. The molecule has 4 rings (SSSR count). The van der Waals surface area contributed by atoms with Crippen LogP contribution < -0.4 is 15.4 Å². The number of carbonyl (C=O) groups is 1. The van der Waals surface area contributed by atoms with E-state index in [1.807, 2.05) is 54.6 Å². The maximum absolute atomic E-state index is 13.3. The zero-order valence-electron chi connectivity index (χ0n) is 17.8. The van der Waals surface area contributed by atoms with Gasteiger partial charge in [-0.3, -0.25) is 4.79 Å². The Hall–Kier alpha value is -3.08. The Balaban J connectivity index is 1.63. The predicted octanol–water partition coefficient (Wildman–Crippen LogP) is 5.54. The number of para-hydroxylation sites is 1. The Kier molecular flexibility index (Phi) is 5.88. The van der Waals surface area contributed by atoms with Crippen molar-refractivity contribution in [3.63, 3.8) is 0 Å². The van der Waals surface area contributed by atoms with Crippen LogP contribution >= 0.6 is 0 Å². The van der Waals surface area contributed by atoms with Crippen LogP contribution in [-0.4, -0.2) is 24.0 Å². The van der Waals surface area contributed by atoms with E-state index >= 15 is 0 Å². The summed E-state index contributed by atoms with van der Waals surface area (Å²) in [4.78, 5) is 18.0. The molecule has 2 N–H and O–H groups in total. The summed E-state index contributed by atoms with van der Waals surface area (Å²) in [7, 11) is 1.64. The van der Waals surface area contributed by atoms with Crippen LogP contribution in [0.3, 0.4) is 0 Å². The van der Waals surface area contributed by atoms with Gasteiger partial charge in [-0.1, -0.05) is 44.9 Å². The van der Waals surface area contributed by atoms with E-state index in [4.69, 9.17) is 9.72 Å². The molecule has 5 nitrogen and oxygen atoms in total. The second kappa shape index (κ2) is 8.74. The minimum atomic E-state index is -0.0302. The van der Waals surface area contributed by atoms with Crippen LogP contribution in [0.5, 0.6) is 5.75 Å². The average molecular weight is 404 g/mol. The van der Waals surface area contributed by atoms with Crippen LogP contribution in [0.1, 0.15) is 43.5 Å². The van der Waals surface area contributed by atoms with Crippen molar-refractivity contribution >= 4 is 28.3 Å². The van der Waals surface area contributed by atoms with Gasteiger partial charge in [0.1, 0.15) is 11.6 Å². The van der Waals surface area contributed by atoms with Gasteiger partial charge in [0, 0.05) is 17.1 Å². The van der Waals surface area contributed by atoms with Crippen molar-refractivity contribution in [2.45, 2.75) is 39.2 Å². The molecule has 156 valence electrons. The number of carbonyl (C=O) groups excluding carboxylic acids is 1. The van der Waals surface area contributed by atoms with Crippen molar-refractivity contribution in [2.24, 2.45) is 11.8 Å². The summed E-state index contributed by atoms with van der Waals surface area (Å²) >= 11 is 0. The normalized spacial score (nSPS) is 21.2. The summed E-state index contributed by atoms with van der Waals surface area (Å²) in [5, 5.41) is 7.49. The maximum Gasteiger partial charge on any atom is 0.252 e. The van der Waals surface area contributed by atoms with Gasteiger partial charge in [0.05, 0.1) is 18.2 Å². The molecule has 30 heavy (non-hydrogen) atoms. The molecule has 1 saturated carbocycles. The van der Waals surface area contributed by atoms with E-state index in [1.54, 1.807) is 7.11 Å². The third kappa shape index (κ3) is 4.25. The van der Waals surface area contributed by atoms with Crippen LogP contribution in [0.4, 0.5) is 11.5 Å². The van der Waals surface area contributed by atoms with E-state index in [0.29, 0.717) is 23.2 Å². The number of ether oxygens (including phenoxy) is 1. The molecule has 0 unspecified atom stereocenters. The molecule has 0 radical (unpaired) electrons. The highest BCUT2D eigenvalue weighted by Crippen LogP contribution is 2.30. The monoisotopic (exact) mass is 403 g/mol. The third-order valence-electron chi connectivity index (χ3n) is 6.35. The highest BCUT2D eigenvalue weighted by molar-refractivity contribution is 6.07. The van der Waals surface area contributed by atoms with Gasteiger partial charge in [-0.05, 0) is 54.7 Å². The molecule has 3 aromatic rings. The van der Waals surface area contributed by atoms with Crippen molar-refractivity contribution < 1.29 is 9.53 Å². The number of benzene rings is 2. The van der Waals surface area contributed by atoms with Gasteiger partial charge in [0.2, 0.25) is 0 Å². The van der Waals surface area contributed by atoms with Gasteiger partial charge in [-0.15, -0.1) is 0 Å².